The SMILES string of the molecule is CC.COCCN1CCC2(CC1)CC(OC)C2. The minimum atomic E-state index is 0.551. The molecule has 1 saturated heterocycles. The summed E-state index contributed by atoms with van der Waals surface area (Å²) in [4.78, 5) is 2.52. The number of hydrogen-bond donors (Lipinski definition) is 0. The summed E-state index contributed by atoms with van der Waals surface area (Å²) in [6.07, 6.45) is 5.85. The van der Waals surface area contributed by atoms with E-state index in [1.165, 1.54) is 38.8 Å². The summed E-state index contributed by atoms with van der Waals surface area (Å²) >= 11 is 0. The van der Waals surface area contributed by atoms with Gasteiger partial charge in [-0.1, -0.05) is 13.8 Å². The van der Waals surface area contributed by atoms with Crippen LogP contribution in [0.3, 0.4) is 0 Å². The van der Waals surface area contributed by atoms with Gasteiger partial charge in [-0.3, -0.25) is 0 Å². The molecule has 2 aliphatic rings. The van der Waals surface area contributed by atoms with Crippen LogP contribution in [0.2, 0.25) is 0 Å². The van der Waals surface area contributed by atoms with Crippen LogP contribution in [0.15, 0.2) is 0 Å². The molecule has 0 aromatic carbocycles. The van der Waals surface area contributed by atoms with Crippen LogP contribution in [0.5, 0.6) is 0 Å². The van der Waals surface area contributed by atoms with Crippen LogP contribution >= 0.6 is 0 Å². The molecule has 1 heterocycles. The van der Waals surface area contributed by atoms with Gasteiger partial charge in [-0.15, -0.1) is 0 Å². The van der Waals surface area contributed by atoms with Gasteiger partial charge in [0.25, 0.3) is 0 Å². The number of ether oxygens (including phenoxy) is 2. The van der Waals surface area contributed by atoms with E-state index >= 15 is 0 Å². The zero-order valence-corrected chi connectivity index (χ0v) is 12.0. The number of hydrogen-bond acceptors (Lipinski definition) is 3. The van der Waals surface area contributed by atoms with E-state index in [4.69, 9.17) is 9.47 Å². The van der Waals surface area contributed by atoms with Gasteiger partial charge in [-0.05, 0) is 44.2 Å². The molecule has 1 aliphatic carbocycles. The van der Waals surface area contributed by atoms with Gasteiger partial charge in [0, 0.05) is 20.8 Å². The average molecular weight is 243 g/mol. The Morgan fingerprint density at radius 3 is 2.18 bits per heavy atom. The number of rotatable bonds is 4. The normalized spacial score (nSPS) is 24.0. The van der Waals surface area contributed by atoms with Gasteiger partial charge in [0.05, 0.1) is 12.7 Å². The molecule has 0 unspecified atom stereocenters. The molecule has 3 heteroatoms. The summed E-state index contributed by atoms with van der Waals surface area (Å²) in [7, 11) is 3.62. The van der Waals surface area contributed by atoms with E-state index in [1.807, 2.05) is 21.0 Å². The first-order valence-corrected chi connectivity index (χ1v) is 7.02. The van der Waals surface area contributed by atoms with Crippen molar-refractivity contribution in [3.05, 3.63) is 0 Å². The Labute approximate surface area is 106 Å². The molecule has 17 heavy (non-hydrogen) atoms. The molecule has 1 saturated carbocycles. The molecule has 0 N–H and O–H groups in total. The van der Waals surface area contributed by atoms with Crippen molar-refractivity contribution in [3.63, 3.8) is 0 Å². The van der Waals surface area contributed by atoms with E-state index in [9.17, 15) is 0 Å². The first-order chi connectivity index (χ1) is 8.28. The van der Waals surface area contributed by atoms with Crippen molar-refractivity contribution < 1.29 is 9.47 Å². The first kappa shape index (κ1) is 14.9. The molecule has 0 aromatic rings. The fourth-order valence-corrected chi connectivity index (χ4v) is 2.95. The lowest BCUT2D eigenvalue weighted by Gasteiger charge is -2.51. The van der Waals surface area contributed by atoms with E-state index in [0.29, 0.717) is 11.5 Å². The number of piperidine rings is 1. The van der Waals surface area contributed by atoms with E-state index in [2.05, 4.69) is 4.90 Å². The Bertz CT molecular complexity index is 192. The molecule has 2 rings (SSSR count). The molecule has 0 bridgehead atoms. The largest absolute Gasteiger partial charge is 0.383 e. The van der Waals surface area contributed by atoms with Crippen LogP contribution in [0.4, 0.5) is 0 Å². The molecule has 0 aromatic heterocycles. The minimum Gasteiger partial charge on any atom is -0.383 e. The predicted octanol–water partition coefficient (Wildman–Crippen LogP) is 2.55. The fourth-order valence-electron chi connectivity index (χ4n) is 2.95. The van der Waals surface area contributed by atoms with Gasteiger partial charge < -0.3 is 14.4 Å². The first-order valence-electron chi connectivity index (χ1n) is 7.02. The van der Waals surface area contributed by atoms with E-state index < -0.39 is 0 Å². The van der Waals surface area contributed by atoms with Crippen LogP contribution in [0, 0.1) is 5.41 Å². The van der Waals surface area contributed by atoms with Crippen LogP contribution < -0.4 is 0 Å². The molecular weight excluding hydrogens is 214 g/mol. The third-order valence-electron chi connectivity index (χ3n) is 4.18. The zero-order chi connectivity index (χ0) is 12.7. The molecular formula is C14H29NO2. The molecule has 1 aliphatic heterocycles. The second-order valence-electron chi connectivity index (χ2n) is 5.10. The van der Waals surface area contributed by atoms with Crippen molar-refractivity contribution in [2.75, 3.05) is 40.5 Å². The quantitative estimate of drug-likeness (QED) is 0.757. The highest BCUT2D eigenvalue weighted by atomic mass is 16.5. The maximum atomic E-state index is 5.37. The van der Waals surface area contributed by atoms with Crippen molar-refractivity contribution in [1.82, 2.24) is 4.90 Å². The van der Waals surface area contributed by atoms with Gasteiger partial charge >= 0.3 is 0 Å². The summed E-state index contributed by atoms with van der Waals surface area (Å²) < 4.78 is 10.5. The van der Waals surface area contributed by atoms with Crippen LogP contribution in [0.1, 0.15) is 39.5 Å². The van der Waals surface area contributed by atoms with Gasteiger partial charge in [0.2, 0.25) is 0 Å². The zero-order valence-electron chi connectivity index (χ0n) is 12.0. The molecule has 2 fully saturated rings. The van der Waals surface area contributed by atoms with Gasteiger partial charge in [-0.2, -0.15) is 0 Å². The molecule has 0 atom stereocenters. The summed E-state index contributed by atoms with van der Waals surface area (Å²) in [6, 6.07) is 0. The van der Waals surface area contributed by atoms with Crippen molar-refractivity contribution in [2.45, 2.75) is 45.6 Å². The lowest BCUT2D eigenvalue weighted by molar-refractivity contribution is -0.0887. The predicted molar refractivity (Wildman–Crippen MR) is 71.4 cm³/mol. The monoisotopic (exact) mass is 243 g/mol. The van der Waals surface area contributed by atoms with Gasteiger partial charge in [0.15, 0.2) is 0 Å². The van der Waals surface area contributed by atoms with Crippen molar-refractivity contribution in [1.29, 1.82) is 0 Å². The Balaban J connectivity index is 0.000000686. The smallest absolute Gasteiger partial charge is 0.0589 e. The van der Waals surface area contributed by atoms with E-state index in [1.54, 1.807) is 7.11 Å². The number of nitrogens with zero attached hydrogens (tertiary/aromatic N) is 1. The summed E-state index contributed by atoms with van der Waals surface area (Å²) in [5.41, 5.74) is 0.643. The topological polar surface area (TPSA) is 21.7 Å². The fraction of sp³-hybridized carbons (Fsp3) is 1.00. The van der Waals surface area contributed by atoms with Crippen LogP contribution in [-0.2, 0) is 9.47 Å². The van der Waals surface area contributed by atoms with Crippen LogP contribution in [-0.4, -0.2) is 51.5 Å². The standard InChI is InChI=1S/C12H23NO2.C2H6/c1-14-8-7-13-5-3-12(4-6-13)9-11(10-12)15-2;1-2/h11H,3-10H2,1-2H3;1-2H3. The summed E-state index contributed by atoms with van der Waals surface area (Å²) in [5.74, 6) is 0. The van der Waals surface area contributed by atoms with Crippen molar-refractivity contribution in [2.24, 2.45) is 5.41 Å². The highest BCUT2D eigenvalue weighted by Crippen LogP contribution is 2.49. The minimum absolute atomic E-state index is 0.551. The molecule has 0 amide bonds. The Kier molecular flexibility index (Phi) is 6.45. The highest BCUT2D eigenvalue weighted by Gasteiger charge is 2.45. The molecule has 3 nitrogen and oxygen atoms in total. The summed E-state index contributed by atoms with van der Waals surface area (Å²) in [6.45, 7) is 8.47. The average Bonchev–Trinajstić information content (AvgIpc) is 2.36. The van der Waals surface area contributed by atoms with Crippen molar-refractivity contribution >= 4 is 0 Å². The second kappa shape index (κ2) is 7.34. The van der Waals surface area contributed by atoms with E-state index in [0.717, 1.165) is 13.2 Å². The number of methoxy groups -OCH3 is 2. The maximum absolute atomic E-state index is 5.37. The second-order valence-corrected chi connectivity index (χ2v) is 5.10. The maximum Gasteiger partial charge on any atom is 0.0589 e. The third-order valence-corrected chi connectivity index (χ3v) is 4.18. The Hall–Kier alpha value is -0.120. The summed E-state index contributed by atoms with van der Waals surface area (Å²) in [5, 5.41) is 0. The lowest BCUT2D eigenvalue weighted by Crippen LogP contribution is -2.50. The third kappa shape index (κ3) is 3.94. The molecule has 102 valence electrons. The Morgan fingerprint density at radius 2 is 1.71 bits per heavy atom. The van der Waals surface area contributed by atoms with Gasteiger partial charge in [-0.25, -0.2) is 0 Å². The molecule has 1 spiro atoms. The number of likely N-dealkylation sites (tertiary alicyclic amines) is 1. The van der Waals surface area contributed by atoms with Gasteiger partial charge in [0.1, 0.15) is 0 Å². The van der Waals surface area contributed by atoms with E-state index in [-0.39, 0.29) is 0 Å². The Morgan fingerprint density at radius 1 is 1.12 bits per heavy atom. The highest BCUT2D eigenvalue weighted by molar-refractivity contribution is 4.97. The lowest BCUT2D eigenvalue weighted by atomic mass is 9.61. The molecule has 0 radical (unpaired) electrons. The van der Waals surface area contributed by atoms with Crippen molar-refractivity contribution in [3.8, 4) is 0 Å². The van der Waals surface area contributed by atoms with Crippen LogP contribution in [0.25, 0.3) is 0 Å².